The molecule has 1 amide bonds. The zero-order valence-electron chi connectivity index (χ0n) is 19.5. The second-order valence-electron chi connectivity index (χ2n) is 8.91. The Morgan fingerprint density at radius 1 is 1.15 bits per heavy atom. The molecule has 0 radical (unpaired) electrons. The quantitative estimate of drug-likeness (QED) is 0.466. The number of rotatable bonds is 5. The molecule has 0 unspecified atom stereocenters. The third-order valence-corrected chi connectivity index (χ3v) is 6.59. The van der Waals surface area contributed by atoms with Crippen LogP contribution in [0.25, 0.3) is 33.3 Å². The third-order valence-electron chi connectivity index (χ3n) is 6.59. The van der Waals surface area contributed by atoms with Crippen LogP contribution in [0.5, 0.6) is 5.75 Å². The van der Waals surface area contributed by atoms with Crippen LogP contribution in [0.1, 0.15) is 16.8 Å². The Morgan fingerprint density at radius 3 is 2.74 bits per heavy atom. The van der Waals surface area contributed by atoms with E-state index in [0.29, 0.717) is 30.3 Å². The minimum Gasteiger partial charge on any atom is -0.496 e. The highest BCUT2D eigenvalue weighted by Crippen LogP contribution is 2.36. The minimum atomic E-state index is -0.441. The lowest BCUT2D eigenvalue weighted by Crippen LogP contribution is -2.34. The number of pyridine rings is 1. The smallest absolute Gasteiger partial charge is 0.254 e. The van der Waals surface area contributed by atoms with Gasteiger partial charge in [-0.05, 0) is 56.4 Å². The number of hydrogen-bond donors (Lipinski definition) is 1. The standard InChI is InChI=1S/C27H27FN4O2/c1-31(2)21-8-9-32(16-21)27(33)18-10-17(11-20(28)12-18)19-13-23-24(15-30-26(23)29-14-19)22-6-4-5-7-25(22)34-3/h4-7,10-15,21H,8-9,16H2,1-3H3,(H,29,30)/t21-/m0/s1. The van der Waals surface area contributed by atoms with Crippen molar-refractivity contribution in [3.63, 3.8) is 0 Å². The highest BCUT2D eigenvalue weighted by molar-refractivity contribution is 5.98. The van der Waals surface area contributed by atoms with Crippen molar-refractivity contribution in [1.82, 2.24) is 19.8 Å². The first-order valence-electron chi connectivity index (χ1n) is 11.3. The Labute approximate surface area is 198 Å². The van der Waals surface area contributed by atoms with Gasteiger partial charge in [-0.25, -0.2) is 9.37 Å². The largest absolute Gasteiger partial charge is 0.496 e. The molecule has 1 N–H and O–H groups in total. The molecule has 1 atom stereocenters. The number of likely N-dealkylation sites (N-methyl/N-ethyl adjacent to an activating group) is 1. The molecule has 7 heteroatoms. The number of ether oxygens (including phenoxy) is 1. The highest BCUT2D eigenvalue weighted by atomic mass is 19.1. The number of aromatic nitrogens is 2. The average Bonchev–Trinajstić information content (AvgIpc) is 3.50. The number of nitrogens with one attached hydrogen (secondary N) is 1. The van der Waals surface area contributed by atoms with Crippen LogP contribution in [0.2, 0.25) is 0 Å². The van der Waals surface area contributed by atoms with Gasteiger partial charge in [-0.1, -0.05) is 18.2 Å². The summed E-state index contributed by atoms with van der Waals surface area (Å²) in [4.78, 5) is 24.8. The molecule has 2 aromatic carbocycles. The summed E-state index contributed by atoms with van der Waals surface area (Å²) in [6.45, 7) is 1.32. The Morgan fingerprint density at radius 2 is 1.97 bits per heavy atom. The molecule has 1 saturated heterocycles. The molecule has 174 valence electrons. The number of amides is 1. The van der Waals surface area contributed by atoms with Gasteiger partial charge < -0.3 is 19.5 Å². The van der Waals surface area contributed by atoms with Crippen molar-refractivity contribution >= 4 is 16.9 Å². The lowest BCUT2D eigenvalue weighted by atomic mass is 10.00. The number of benzene rings is 2. The summed E-state index contributed by atoms with van der Waals surface area (Å²) in [6, 6.07) is 14.6. The number of para-hydroxylation sites is 1. The normalized spacial score (nSPS) is 15.9. The molecular weight excluding hydrogens is 431 g/mol. The summed E-state index contributed by atoms with van der Waals surface area (Å²) >= 11 is 0. The summed E-state index contributed by atoms with van der Waals surface area (Å²) in [6.07, 6.45) is 4.51. The van der Waals surface area contributed by atoms with E-state index in [1.54, 1.807) is 24.3 Å². The van der Waals surface area contributed by atoms with Crippen molar-refractivity contribution in [3.8, 4) is 28.0 Å². The molecule has 1 fully saturated rings. The Bertz CT molecular complexity index is 1360. The molecule has 1 aliphatic rings. The number of halogens is 1. The maximum Gasteiger partial charge on any atom is 0.254 e. The molecule has 0 bridgehead atoms. The van der Waals surface area contributed by atoms with Gasteiger partial charge in [-0.2, -0.15) is 0 Å². The summed E-state index contributed by atoms with van der Waals surface area (Å²) < 4.78 is 20.2. The van der Waals surface area contributed by atoms with E-state index in [2.05, 4.69) is 14.9 Å². The molecule has 5 rings (SSSR count). The van der Waals surface area contributed by atoms with Gasteiger partial charge in [0.25, 0.3) is 5.91 Å². The highest BCUT2D eigenvalue weighted by Gasteiger charge is 2.28. The van der Waals surface area contributed by atoms with Crippen molar-refractivity contribution in [1.29, 1.82) is 0 Å². The number of H-pyrrole nitrogens is 1. The van der Waals surface area contributed by atoms with Crippen LogP contribution < -0.4 is 4.74 Å². The first-order valence-corrected chi connectivity index (χ1v) is 11.3. The van der Waals surface area contributed by atoms with Gasteiger partial charge in [0.2, 0.25) is 0 Å². The van der Waals surface area contributed by atoms with Gasteiger partial charge in [0.1, 0.15) is 17.2 Å². The molecule has 34 heavy (non-hydrogen) atoms. The van der Waals surface area contributed by atoms with Crippen LogP contribution in [-0.4, -0.2) is 66.0 Å². The number of nitrogens with zero attached hydrogens (tertiary/aromatic N) is 3. The van der Waals surface area contributed by atoms with E-state index in [1.165, 1.54) is 12.1 Å². The predicted molar refractivity (Wildman–Crippen MR) is 131 cm³/mol. The fourth-order valence-corrected chi connectivity index (χ4v) is 4.66. The summed E-state index contributed by atoms with van der Waals surface area (Å²) in [5, 5.41) is 0.896. The summed E-state index contributed by atoms with van der Waals surface area (Å²) in [5.74, 6) is 0.174. The lowest BCUT2D eigenvalue weighted by molar-refractivity contribution is 0.0782. The third kappa shape index (κ3) is 4.03. The van der Waals surface area contributed by atoms with E-state index in [4.69, 9.17) is 4.74 Å². The van der Waals surface area contributed by atoms with Crippen LogP contribution in [0.15, 0.2) is 60.9 Å². The van der Waals surface area contributed by atoms with Crippen molar-refractivity contribution in [2.75, 3.05) is 34.3 Å². The van der Waals surface area contributed by atoms with Gasteiger partial charge >= 0.3 is 0 Å². The van der Waals surface area contributed by atoms with Crippen molar-refractivity contribution in [3.05, 3.63) is 72.3 Å². The maximum absolute atomic E-state index is 14.6. The Balaban J connectivity index is 1.52. The number of fused-ring (bicyclic) bond motifs is 1. The fraction of sp³-hybridized carbons (Fsp3) is 0.259. The molecule has 3 heterocycles. The van der Waals surface area contributed by atoms with E-state index in [9.17, 15) is 9.18 Å². The second kappa shape index (κ2) is 8.91. The van der Waals surface area contributed by atoms with Crippen LogP contribution >= 0.6 is 0 Å². The molecular formula is C27H27FN4O2. The summed E-state index contributed by atoms with van der Waals surface area (Å²) in [5.41, 5.74) is 4.33. The van der Waals surface area contributed by atoms with Gasteiger partial charge in [-0.15, -0.1) is 0 Å². The van der Waals surface area contributed by atoms with Crippen LogP contribution in [0.4, 0.5) is 4.39 Å². The van der Waals surface area contributed by atoms with Crippen LogP contribution in [0.3, 0.4) is 0 Å². The maximum atomic E-state index is 14.6. The van der Waals surface area contributed by atoms with Gasteiger partial charge in [-0.3, -0.25) is 4.79 Å². The fourth-order valence-electron chi connectivity index (χ4n) is 4.66. The van der Waals surface area contributed by atoms with E-state index in [1.807, 2.05) is 50.6 Å². The lowest BCUT2D eigenvalue weighted by Gasteiger charge is -2.20. The number of carbonyl (C=O) groups is 1. The van der Waals surface area contributed by atoms with E-state index in [0.717, 1.165) is 39.9 Å². The molecule has 0 spiro atoms. The Kier molecular flexibility index (Phi) is 5.79. The number of carbonyl (C=O) groups excluding carboxylic acids is 1. The van der Waals surface area contributed by atoms with Crippen LogP contribution in [-0.2, 0) is 0 Å². The molecule has 2 aromatic heterocycles. The van der Waals surface area contributed by atoms with Crippen molar-refractivity contribution in [2.45, 2.75) is 12.5 Å². The number of hydrogen-bond acceptors (Lipinski definition) is 4. The zero-order valence-corrected chi connectivity index (χ0v) is 19.5. The monoisotopic (exact) mass is 458 g/mol. The summed E-state index contributed by atoms with van der Waals surface area (Å²) in [7, 11) is 5.68. The zero-order chi connectivity index (χ0) is 23.8. The average molecular weight is 459 g/mol. The number of methoxy groups -OCH3 is 1. The minimum absolute atomic E-state index is 0.143. The van der Waals surface area contributed by atoms with E-state index >= 15 is 0 Å². The molecule has 0 saturated carbocycles. The second-order valence-corrected chi connectivity index (χ2v) is 8.91. The number of likely N-dealkylation sites (tertiary alicyclic amines) is 1. The topological polar surface area (TPSA) is 61.5 Å². The van der Waals surface area contributed by atoms with Gasteiger partial charge in [0.05, 0.1) is 7.11 Å². The van der Waals surface area contributed by atoms with Crippen LogP contribution in [0, 0.1) is 5.82 Å². The molecule has 6 nitrogen and oxygen atoms in total. The molecule has 0 aliphatic carbocycles. The first kappa shape index (κ1) is 22.1. The van der Waals surface area contributed by atoms with Gasteiger partial charge in [0.15, 0.2) is 0 Å². The van der Waals surface area contributed by atoms with Crippen molar-refractivity contribution < 1.29 is 13.9 Å². The van der Waals surface area contributed by atoms with E-state index in [-0.39, 0.29) is 5.91 Å². The number of aromatic amines is 1. The SMILES string of the molecule is COc1ccccc1-c1c[nH]c2ncc(-c3cc(F)cc(C(=O)N4CC[C@H](N(C)C)C4)c3)cc12. The first-order chi connectivity index (χ1) is 16.4. The Hall–Kier alpha value is -3.71. The molecule has 4 aromatic rings. The van der Waals surface area contributed by atoms with Crippen molar-refractivity contribution in [2.24, 2.45) is 0 Å². The van der Waals surface area contributed by atoms with E-state index < -0.39 is 5.82 Å². The predicted octanol–water partition coefficient (Wildman–Crippen LogP) is 4.82. The van der Waals surface area contributed by atoms with Gasteiger partial charge in [0, 0.05) is 59.2 Å². The molecule has 1 aliphatic heterocycles.